The number of carbonyl (C=O) groups is 1. The third-order valence-electron chi connectivity index (χ3n) is 2.17. The summed E-state index contributed by atoms with van der Waals surface area (Å²) >= 11 is 1.18. The standard InChI is InChI=1S/C11H16N4O3S/c1-3-5-12-9(16)8-19-11-14-13-10(17)15(11)6-4-7-18-2/h1H,4-8H2,2H3,(H,12,16)(H,13,17). The Morgan fingerprint density at radius 1 is 1.68 bits per heavy atom. The molecule has 1 aromatic rings. The molecule has 1 aromatic heterocycles. The van der Waals surface area contributed by atoms with E-state index in [1.54, 1.807) is 7.11 Å². The van der Waals surface area contributed by atoms with E-state index in [1.807, 2.05) is 0 Å². The van der Waals surface area contributed by atoms with Gasteiger partial charge in [0.1, 0.15) is 0 Å². The zero-order valence-corrected chi connectivity index (χ0v) is 11.5. The molecule has 0 fully saturated rings. The van der Waals surface area contributed by atoms with E-state index in [0.717, 1.165) is 0 Å². The maximum absolute atomic E-state index is 11.5. The lowest BCUT2D eigenvalue weighted by atomic mass is 10.4. The van der Waals surface area contributed by atoms with E-state index >= 15 is 0 Å². The second-order valence-electron chi connectivity index (χ2n) is 3.58. The number of hydrogen-bond donors (Lipinski definition) is 2. The Balaban J connectivity index is 2.51. The predicted molar refractivity (Wildman–Crippen MR) is 71.9 cm³/mol. The lowest BCUT2D eigenvalue weighted by molar-refractivity contribution is -0.118. The molecular formula is C11H16N4O3S. The zero-order valence-electron chi connectivity index (χ0n) is 10.6. The van der Waals surface area contributed by atoms with Crippen LogP contribution in [0.25, 0.3) is 0 Å². The van der Waals surface area contributed by atoms with E-state index in [1.165, 1.54) is 16.3 Å². The topological polar surface area (TPSA) is 89.0 Å². The molecule has 0 saturated heterocycles. The molecule has 0 aromatic carbocycles. The van der Waals surface area contributed by atoms with Crippen LogP contribution < -0.4 is 11.0 Å². The van der Waals surface area contributed by atoms with E-state index in [-0.39, 0.29) is 23.9 Å². The van der Waals surface area contributed by atoms with Crippen LogP contribution in [-0.4, -0.2) is 46.7 Å². The fourth-order valence-corrected chi connectivity index (χ4v) is 2.11. The van der Waals surface area contributed by atoms with Crippen molar-refractivity contribution in [2.45, 2.75) is 18.1 Å². The van der Waals surface area contributed by atoms with Crippen molar-refractivity contribution < 1.29 is 9.53 Å². The molecule has 1 heterocycles. The van der Waals surface area contributed by atoms with Gasteiger partial charge in [0.05, 0.1) is 12.3 Å². The number of carbonyl (C=O) groups excluding carboxylic acids is 1. The van der Waals surface area contributed by atoms with Crippen LogP contribution in [0.15, 0.2) is 9.95 Å². The number of nitrogens with one attached hydrogen (secondary N) is 2. The van der Waals surface area contributed by atoms with Crippen LogP contribution in [0.3, 0.4) is 0 Å². The van der Waals surface area contributed by atoms with Crippen LogP contribution in [-0.2, 0) is 16.1 Å². The van der Waals surface area contributed by atoms with Gasteiger partial charge < -0.3 is 10.1 Å². The van der Waals surface area contributed by atoms with Crippen LogP contribution in [0.1, 0.15) is 6.42 Å². The molecule has 0 bridgehead atoms. The van der Waals surface area contributed by atoms with Crippen molar-refractivity contribution in [1.82, 2.24) is 20.1 Å². The molecule has 7 nitrogen and oxygen atoms in total. The minimum absolute atomic E-state index is 0.163. The molecule has 0 aliphatic heterocycles. The summed E-state index contributed by atoms with van der Waals surface area (Å²) in [6, 6.07) is 0. The van der Waals surface area contributed by atoms with Gasteiger partial charge in [0.15, 0.2) is 5.16 Å². The summed E-state index contributed by atoms with van der Waals surface area (Å²) in [5.74, 6) is 2.28. The molecule has 0 aliphatic rings. The molecule has 0 unspecified atom stereocenters. The maximum Gasteiger partial charge on any atom is 0.343 e. The molecule has 2 N–H and O–H groups in total. The molecule has 1 rings (SSSR count). The van der Waals surface area contributed by atoms with Crippen LogP contribution in [0.2, 0.25) is 0 Å². The summed E-state index contributed by atoms with van der Waals surface area (Å²) in [4.78, 5) is 22.9. The first-order valence-corrected chi connectivity index (χ1v) is 6.64. The molecule has 0 spiro atoms. The van der Waals surface area contributed by atoms with E-state index in [0.29, 0.717) is 24.7 Å². The highest BCUT2D eigenvalue weighted by molar-refractivity contribution is 7.99. The van der Waals surface area contributed by atoms with E-state index < -0.39 is 0 Å². The highest BCUT2D eigenvalue weighted by atomic mass is 32.2. The zero-order chi connectivity index (χ0) is 14.1. The van der Waals surface area contributed by atoms with Crippen LogP contribution in [0.5, 0.6) is 0 Å². The Bertz CT molecular complexity index is 503. The molecule has 0 radical (unpaired) electrons. The van der Waals surface area contributed by atoms with Crippen LogP contribution in [0.4, 0.5) is 0 Å². The number of nitrogens with zero attached hydrogens (tertiary/aromatic N) is 2. The fraction of sp³-hybridized carbons (Fsp3) is 0.545. The van der Waals surface area contributed by atoms with E-state index in [4.69, 9.17) is 11.2 Å². The third kappa shape index (κ3) is 5.19. The molecule has 1 amide bonds. The molecule has 0 aliphatic carbocycles. The SMILES string of the molecule is C#CCNC(=O)CSc1n[nH]c(=O)n1CCCOC. The van der Waals surface area contributed by atoms with Crippen molar-refractivity contribution in [3.63, 3.8) is 0 Å². The van der Waals surface area contributed by atoms with E-state index in [9.17, 15) is 9.59 Å². The highest BCUT2D eigenvalue weighted by Gasteiger charge is 2.10. The summed E-state index contributed by atoms with van der Waals surface area (Å²) in [7, 11) is 1.60. The molecule has 19 heavy (non-hydrogen) atoms. The summed E-state index contributed by atoms with van der Waals surface area (Å²) < 4.78 is 6.41. The smallest absolute Gasteiger partial charge is 0.343 e. The molecular weight excluding hydrogens is 268 g/mol. The minimum atomic E-state index is -0.289. The maximum atomic E-state index is 11.5. The number of methoxy groups -OCH3 is 1. The second-order valence-corrected chi connectivity index (χ2v) is 4.52. The Hall–Kier alpha value is -1.72. The number of amides is 1. The van der Waals surface area contributed by atoms with Crippen molar-refractivity contribution >= 4 is 17.7 Å². The number of hydrogen-bond acceptors (Lipinski definition) is 5. The first kappa shape index (κ1) is 15.3. The molecule has 0 atom stereocenters. The predicted octanol–water partition coefficient (Wildman–Crippen LogP) is -0.551. The Morgan fingerprint density at radius 3 is 3.16 bits per heavy atom. The largest absolute Gasteiger partial charge is 0.385 e. The minimum Gasteiger partial charge on any atom is -0.385 e. The van der Waals surface area contributed by atoms with Gasteiger partial charge in [-0.05, 0) is 6.42 Å². The first-order valence-electron chi connectivity index (χ1n) is 5.66. The Kier molecular flexibility index (Phi) is 6.78. The molecule has 0 saturated carbocycles. The Labute approximate surface area is 115 Å². The summed E-state index contributed by atoms with van der Waals surface area (Å²) in [5.41, 5.74) is -0.289. The number of rotatable bonds is 8. The van der Waals surface area contributed by atoms with Gasteiger partial charge in [-0.1, -0.05) is 17.7 Å². The lowest BCUT2D eigenvalue weighted by Crippen LogP contribution is -2.25. The number of thioether (sulfide) groups is 1. The van der Waals surface area contributed by atoms with Crippen molar-refractivity contribution in [3.8, 4) is 12.3 Å². The van der Waals surface area contributed by atoms with Crippen molar-refractivity contribution in [1.29, 1.82) is 0 Å². The van der Waals surface area contributed by atoms with E-state index in [2.05, 4.69) is 21.4 Å². The van der Waals surface area contributed by atoms with Gasteiger partial charge in [0.2, 0.25) is 5.91 Å². The number of ether oxygens (including phenoxy) is 1. The number of terminal acetylenes is 1. The van der Waals surface area contributed by atoms with Gasteiger partial charge in [0.25, 0.3) is 0 Å². The van der Waals surface area contributed by atoms with Gasteiger partial charge in [-0.15, -0.1) is 11.5 Å². The van der Waals surface area contributed by atoms with Gasteiger partial charge in [-0.2, -0.15) is 0 Å². The second kappa shape index (κ2) is 8.39. The first-order chi connectivity index (χ1) is 9.19. The fourth-order valence-electron chi connectivity index (χ4n) is 1.31. The molecule has 104 valence electrons. The lowest BCUT2D eigenvalue weighted by Gasteiger charge is -2.04. The van der Waals surface area contributed by atoms with Gasteiger partial charge in [-0.25, -0.2) is 9.89 Å². The monoisotopic (exact) mass is 284 g/mol. The van der Waals surface area contributed by atoms with Crippen LogP contribution in [0, 0.1) is 12.3 Å². The number of aromatic nitrogens is 3. The van der Waals surface area contributed by atoms with Gasteiger partial charge in [0, 0.05) is 20.3 Å². The van der Waals surface area contributed by atoms with Gasteiger partial charge >= 0.3 is 5.69 Å². The van der Waals surface area contributed by atoms with Crippen LogP contribution >= 0.6 is 11.8 Å². The highest BCUT2D eigenvalue weighted by Crippen LogP contribution is 2.12. The summed E-state index contributed by atoms with van der Waals surface area (Å²) in [5, 5.41) is 9.26. The third-order valence-corrected chi connectivity index (χ3v) is 3.15. The number of H-pyrrole nitrogens is 1. The Morgan fingerprint density at radius 2 is 2.47 bits per heavy atom. The average molecular weight is 284 g/mol. The quantitative estimate of drug-likeness (QED) is 0.380. The summed E-state index contributed by atoms with van der Waals surface area (Å²) in [6.07, 6.45) is 5.73. The normalized spacial score (nSPS) is 10.1. The van der Waals surface area contributed by atoms with Crippen molar-refractivity contribution in [3.05, 3.63) is 10.5 Å². The average Bonchev–Trinajstić information content (AvgIpc) is 2.75. The van der Waals surface area contributed by atoms with Crippen molar-refractivity contribution in [2.24, 2.45) is 0 Å². The number of aromatic amines is 1. The molecule has 8 heteroatoms. The summed E-state index contributed by atoms with van der Waals surface area (Å²) in [6.45, 7) is 1.25. The van der Waals surface area contributed by atoms with Gasteiger partial charge in [-0.3, -0.25) is 9.36 Å². The van der Waals surface area contributed by atoms with Crippen molar-refractivity contribution in [2.75, 3.05) is 26.0 Å².